The molecule has 1 heterocycles. The molecule has 6 heteroatoms. The lowest BCUT2D eigenvalue weighted by Gasteiger charge is -1.98. The van der Waals surface area contributed by atoms with Crippen molar-refractivity contribution in [3.8, 4) is 16.3 Å². The van der Waals surface area contributed by atoms with E-state index in [4.69, 9.17) is 0 Å². The van der Waals surface area contributed by atoms with Crippen molar-refractivity contribution in [1.29, 1.82) is 0 Å². The summed E-state index contributed by atoms with van der Waals surface area (Å²) in [5.41, 5.74) is 0.481. The fourth-order valence-corrected chi connectivity index (χ4v) is 2.14. The van der Waals surface area contributed by atoms with Crippen LogP contribution in [0, 0.1) is 5.82 Å². The van der Waals surface area contributed by atoms with Gasteiger partial charge in [-0.2, -0.15) is 0 Å². The summed E-state index contributed by atoms with van der Waals surface area (Å²) in [4.78, 5) is 0. The van der Waals surface area contributed by atoms with Crippen molar-refractivity contribution in [3.05, 3.63) is 27.9 Å². The minimum atomic E-state index is -0.477. The van der Waals surface area contributed by atoms with Crippen LogP contribution in [-0.4, -0.2) is 15.3 Å². The van der Waals surface area contributed by atoms with Gasteiger partial charge in [0.2, 0.25) is 0 Å². The predicted octanol–water partition coefficient (Wildman–Crippen LogP) is 2.81. The Morgan fingerprint density at radius 3 is 2.71 bits per heavy atom. The number of benzene rings is 1. The van der Waals surface area contributed by atoms with E-state index in [-0.39, 0.29) is 5.75 Å². The Balaban J connectivity index is 2.52. The van der Waals surface area contributed by atoms with Crippen molar-refractivity contribution in [2.24, 2.45) is 0 Å². The third-order valence-electron chi connectivity index (χ3n) is 1.59. The van der Waals surface area contributed by atoms with E-state index in [1.807, 2.05) is 0 Å². The number of hydrogen-bond acceptors (Lipinski definition) is 4. The second kappa shape index (κ2) is 3.62. The minimum absolute atomic E-state index is 0.131. The number of hydrogen-bond donors (Lipinski definition) is 1. The van der Waals surface area contributed by atoms with Crippen molar-refractivity contribution < 1.29 is 9.50 Å². The van der Waals surface area contributed by atoms with E-state index in [0.29, 0.717) is 14.5 Å². The van der Waals surface area contributed by atoms with Crippen LogP contribution in [0.5, 0.6) is 5.75 Å². The molecule has 1 aromatic carbocycles. The zero-order chi connectivity index (χ0) is 10.1. The van der Waals surface area contributed by atoms with Crippen LogP contribution in [0.4, 0.5) is 4.39 Å². The van der Waals surface area contributed by atoms with Crippen LogP contribution >= 0.6 is 27.3 Å². The normalized spacial score (nSPS) is 10.4. The molecule has 0 fully saturated rings. The van der Waals surface area contributed by atoms with Crippen molar-refractivity contribution in [2.75, 3.05) is 0 Å². The van der Waals surface area contributed by atoms with Crippen LogP contribution in [0.15, 0.2) is 22.1 Å². The van der Waals surface area contributed by atoms with Gasteiger partial charge in [-0.05, 0) is 28.1 Å². The number of rotatable bonds is 1. The summed E-state index contributed by atoms with van der Waals surface area (Å²) < 4.78 is 13.3. The zero-order valence-electron chi connectivity index (χ0n) is 6.74. The van der Waals surface area contributed by atoms with Crippen LogP contribution in [0.3, 0.4) is 0 Å². The summed E-state index contributed by atoms with van der Waals surface area (Å²) in [5, 5.41) is 17.5. The fourth-order valence-electron chi connectivity index (χ4n) is 1.000. The lowest BCUT2D eigenvalue weighted by Crippen LogP contribution is -1.80. The van der Waals surface area contributed by atoms with Crippen LogP contribution in [0.25, 0.3) is 10.6 Å². The third kappa shape index (κ3) is 1.76. The largest absolute Gasteiger partial charge is 0.507 e. The molecular weight excluding hydrogens is 271 g/mol. The predicted molar refractivity (Wildman–Crippen MR) is 54.7 cm³/mol. The van der Waals surface area contributed by atoms with Gasteiger partial charge in [0.15, 0.2) is 8.92 Å². The standard InChI is InChI=1S/C8H4BrFN2OS/c9-8-12-11-7(14-8)5-2-1-4(10)3-6(5)13/h1-3,13H. The molecule has 2 rings (SSSR count). The summed E-state index contributed by atoms with van der Waals surface area (Å²) in [5.74, 6) is -0.608. The summed E-state index contributed by atoms with van der Waals surface area (Å²) in [6.07, 6.45) is 0. The Hall–Kier alpha value is -1.01. The molecule has 72 valence electrons. The highest BCUT2D eigenvalue weighted by Gasteiger charge is 2.09. The first-order chi connectivity index (χ1) is 6.66. The molecule has 0 saturated heterocycles. The fraction of sp³-hybridized carbons (Fsp3) is 0. The average molecular weight is 275 g/mol. The Morgan fingerprint density at radius 2 is 2.14 bits per heavy atom. The molecule has 0 aliphatic carbocycles. The number of halogens is 2. The average Bonchev–Trinajstić information content (AvgIpc) is 2.51. The molecule has 14 heavy (non-hydrogen) atoms. The quantitative estimate of drug-likeness (QED) is 0.870. The highest BCUT2D eigenvalue weighted by Crippen LogP contribution is 2.32. The summed E-state index contributed by atoms with van der Waals surface area (Å²) in [6, 6.07) is 3.78. The Kier molecular flexibility index (Phi) is 2.47. The van der Waals surface area contributed by atoms with E-state index in [0.717, 1.165) is 6.07 Å². The first-order valence-corrected chi connectivity index (χ1v) is 5.25. The van der Waals surface area contributed by atoms with Crippen molar-refractivity contribution >= 4 is 27.3 Å². The van der Waals surface area contributed by atoms with E-state index in [1.165, 1.54) is 23.5 Å². The molecule has 0 unspecified atom stereocenters. The van der Waals surface area contributed by atoms with E-state index in [9.17, 15) is 9.50 Å². The van der Waals surface area contributed by atoms with Gasteiger partial charge in [0.1, 0.15) is 11.6 Å². The van der Waals surface area contributed by atoms with Crippen LogP contribution in [-0.2, 0) is 0 Å². The van der Waals surface area contributed by atoms with E-state index < -0.39 is 5.82 Å². The zero-order valence-corrected chi connectivity index (χ0v) is 9.14. The van der Waals surface area contributed by atoms with Gasteiger partial charge in [-0.3, -0.25) is 0 Å². The van der Waals surface area contributed by atoms with Crippen molar-refractivity contribution in [1.82, 2.24) is 10.2 Å². The lowest BCUT2D eigenvalue weighted by atomic mass is 10.2. The summed E-state index contributed by atoms with van der Waals surface area (Å²) in [6.45, 7) is 0. The van der Waals surface area contributed by atoms with Gasteiger partial charge in [0.05, 0.1) is 5.56 Å². The molecule has 1 aromatic heterocycles. The summed E-state index contributed by atoms with van der Waals surface area (Å²) in [7, 11) is 0. The smallest absolute Gasteiger partial charge is 0.183 e. The highest BCUT2D eigenvalue weighted by molar-refractivity contribution is 9.11. The number of aromatic nitrogens is 2. The molecule has 0 aliphatic rings. The number of nitrogens with zero attached hydrogens (tertiary/aromatic N) is 2. The SMILES string of the molecule is Oc1cc(F)ccc1-c1nnc(Br)s1. The Labute approximate surface area is 91.4 Å². The molecule has 0 atom stereocenters. The molecule has 0 spiro atoms. The first-order valence-electron chi connectivity index (χ1n) is 3.65. The van der Waals surface area contributed by atoms with E-state index in [2.05, 4.69) is 26.1 Å². The van der Waals surface area contributed by atoms with Gasteiger partial charge in [0.25, 0.3) is 0 Å². The second-order valence-corrected chi connectivity index (χ2v) is 4.78. The molecule has 0 bridgehead atoms. The van der Waals surface area contributed by atoms with Gasteiger partial charge in [-0.25, -0.2) is 4.39 Å². The molecule has 0 amide bonds. The van der Waals surface area contributed by atoms with E-state index >= 15 is 0 Å². The van der Waals surface area contributed by atoms with Crippen molar-refractivity contribution in [2.45, 2.75) is 0 Å². The van der Waals surface area contributed by atoms with Gasteiger partial charge in [0, 0.05) is 6.07 Å². The number of aromatic hydroxyl groups is 1. The summed E-state index contributed by atoms with van der Waals surface area (Å²) >= 11 is 4.43. The second-order valence-electron chi connectivity index (χ2n) is 2.52. The van der Waals surface area contributed by atoms with Gasteiger partial charge in [-0.1, -0.05) is 11.3 Å². The lowest BCUT2D eigenvalue weighted by molar-refractivity contribution is 0.471. The maximum atomic E-state index is 12.7. The molecule has 3 nitrogen and oxygen atoms in total. The molecule has 2 aromatic rings. The third-order valence-corrected chi connectivity index (χ3v) is 2.98. The molecular formula is C8H4BrFN2OS. The Bertz CT molecular complexity index is 474. The Morgan fingerprint density at radius 1 is 1.36 bits per heavy atom. The van der Waals surface area contributed by atoms with Crippen molar-refractivity contribution in [3.63, 3.8) is 0 Å². The molecule has 0 aliphatic heterocycles. The molecule has 1 N–H and O–H groups in total. The van der Waals surface area contributed by atoms with Crippen LogP contribution < -0.4 is 0 Å². The monoisotopic (exact) mass is 274 g/mol. The minimum Gasteiger partial charge on any atom is -0.507 e. The van der Waals surface area contributed by atoms with Gasteiger partial charge >= 0.3 is 0 Å². The van der Waals surface area contributed by atoms with Crippen LogP contribution in [0.2, 0.25) is 0 Å². The van der Waals surface area contributed by atoms with Crippen LogP contribution in [0.1, 0.15) is 0 Å². The first kappa shape index (κ1) is 9.54. The maximum absolute atomic E-state index is 12.7. The highest BCUT2D eigenvalue weighted by atomic mass is 79.9. The molecule has 0 radical (unpaired) electrons. The van der Waals surface area contributed by atoms with Gasteiger partial charge < -0.3 is 5.11 Å². The van der Waals surface area contributed by atoms with E-state index in [1.54, 1.807) is 0 Å². The number of phenolic OH excluding ortho intramolecular Hbond substituents is 1. The topological polar surface area (TPSA) is 46.0 Å². The molecule has 0 saturated carbocycles. The number of phenols is 1. The maximum Gasteiger partial charge on any atom is 0.183 e. The van der Waals surface area contributed by atoms with Gasteiger partial charge in [-0.15, -0.1) is 10.2 Å².